The third-order valence-electron chi connectivity index (χ3n) is 5.90. The molecule has 4 bridgehead atoms. The second-order valence-electron chi connectivity index (χ2n) is 7.14. The Balaban J connectivity index is 1.91. The third-order valence-corrected chi connectivity index (χ3v) is 5.90. The highest BCUT2D eigenvalue weighted by Gasteiger charge is 2.60. The Morgan fingerprint density at radius 3 is 2.00 bits per heavy atom. The van der Waals surface area contributed by atoms with E-state index in [2.05, 4.69) is 13.8 Å². The average molecular weight is 250 g/mol. The van der Waals surface area contributed by atoms with Gasteiger partial charge in [0.2, 0.25) is 0 Å². The number of hydrogen-bond donors (Lipinski definition) is 0. The summed E-state index contributed by atoms with van der Waals surface area (Å²) in [6.07, 6.45) is 7.19. The van der Waals surface area contributed by atoms with Crippen LogP contribution in [0.25, 0.3) is 0 Å². The first-order valence-electron chi connectivity index (χ1n) is 7.78. The summed E-state index contributed by atoms with van der Waals surface area (Å²) in [4.78, 5) is 11.9. The first-order valence-corrected chi connectivity index (χ1v) is 7.78. The van der Waals surface area contributed by atoms with Gasteiger partial charge in [0.25, 0.3) is 0 Å². The van der Waals surface area contributed by atoms with Crippen LogP contribution in [-0.2, 0) is 9.53 Å². The zero-order valence-corrected chi connectivity index (χ0v) is 11.9. The maximum atomic E-state index is 11.9. The molecule has 102 valence electrons. The minimum atomic E-state index is -0.124. The Kier molecular flexibility index (Phi) is 2.95. The smallest absolute Gasteiger partial charge is 0.306 e. The molecular formula is C16H26O2. The molecule has 0 unspecified atom stereocenters. The van der Waals surface area contributed by atoms with Crippen LogP contribution >= 0.6 is 0 Å². The summed E-state index contributed by atoms with van der Waals surface area (Å²) in [5.41, 5.74) is -0.124. The van der Waals surface area contributed by atoms with E-state index in [0.29, 0.717) is 24.2 Å². The van der Waals surface area contributed by atoms with Gasteiger partial charge in [0.1, 0.15) is 5.60 Å². The Labute approximate surface area is 110 Å². The fourth-order valence-corrected chi connectivity index (χ4v) is 5.42. The molecule has 0 N–H and O–H groups in total. The molecule has 4 saturated carbocycles. The molecule has 2 heteroatoms. The van der Waals surface area contributed by atoms with Gasteiger partial charge in [-0.3, -0.25) is 4.79 Å². The Hall–Kier alpha value is -0.530. The van der Waals surface area contributed by atoms with Crippen LogP contribution in [0, 0.1) is 29.6 Å². The fraction of sp³-hybridized carbons (Fsp3) is 0.938. The second kappa shape index (κ2) is 4.25. The third kappa shape index (κ3) is 1.64. The molecule has 2 nitrogen and oxygen atoms in total. The van der Waals surface area contributed by atoms with Crippen LogP contribution in [0.2, 0.25) is 0 Å². The van der Waals surface area contributed by atoms with Crippen LogP contribution in [0.4, 0.5) is 0 Å². The lowest BCUT2D eigenvalue weighted by Gasteiger charge is -2.61. The van der Waals surface area contributed by atoms with E-state index in [1.165, 1.54) is 32.1 Å². The van der Waals surface area contributed by atoms with Gasteiger partial charge in [-0.2, -0.15) is 0 Å². The van der Waals surface area contributed by atoms with Crippen molar-refractivity contribution in [1.82, 2.24) is 0 Å². The van der Waals surface area contributed by atoms with Crippen molar-refractivity contribution in [3.63, 3.8) is 0 Å². The lowest BCUT2D eigenvalue weighted by atomic mass is 9.47. The molecule has 0 amide bonds. The van der Waals surface area contributed by atoms with Crippen molar-refractivity contribution >= 4 is 5.97 Å². The summed E-state index contributed by atoms with van der Waals surface area (Å²) in [6.45, 7) is 6.42. The molecule has 0 heterocycles. The van der Waals surface area contributed by atoms with Gasteiger partial charge in [0.15, 0.2) is 0 Å². The predicted octanol–water partition coefficient (Wildman–Crippen LogP) is 3.79. The maximum absolute atomic E-state index is 11.9. The summed E-state index contributed by atoms with van der Waals surface area (Å²) in [7, 11) is 0. The maximum Gasteiger partial charge on any atom is 0.306 e. The molecule has 0 spiro atoms. The molecule has 0 radical (unpaired) electrons. The fourth-order valence-electron chi connectivity index (χ4n) is 5.42. The van der Waals surface area contributed by atoms with Crippen molar-refractivity contribution in [3.05, 3.63) is 0 Å². The quantitative estimate of drug-likeness (QED) is 0.712. The molecule has 0 aliphatic heterocycles. The van der Waals surface area contributed by atoms with Crippen molar-refractivity contribution in [3.8, 4) is 0 Å². The van der Waals surface area contributed by atoms with E-state index in [1.54, 1.807) is 0 Å². The standard InChI is InChI=1S/C16H26O2/c1-4-15(17)18-16(10(2)3)13-6-11-5-12(8-13)9-14(16)7-11/h10-14H,4-9H2,1-3H3. The summed E-state index contributed by atoms with van der Waals surface area (Å²) < 4.78 is 6.09. The Morgan fingerprint density at radius 2 is 1.61 bits per heavy atom. The van der Waals surface area contributed by atoms with Gasteiger partial charge >= 0.3 is 5.97 Å². The summed E-state index contributed by atoms with van der Waals surface area (Å²) >= 11 is 0. The van der Waals surface area contributed by atoms with E-state index < -0.39 is 0 Å². The molecule has 0 saturated heterocycles. The number of esters is 1. The van der Waals surface area contributed by atoms with E-state index in [9.17, 15) is 4.79 Å². The zero-order valence-electron chi connectivity index (χ0n) is 11.9. The Bertz CT molecular complexity index is 317. The highest BCUT2D eigenvalue weighted by molar-refractivity contribution is 5.69. The Morgan fingerprint density at radius 1 is 1.11 bits per heavy atom. The average Bonchev–Trinajstić information content (AvgIpc) is 2.32. The SMILES string of the molecule is CCC(=O)OC1(C(C)C)C2CC3CC(C2)CC1C3. The highest BCUT2D eigenvalue weighted by atomic mass is 16.6. The van der Waals surface area contributed by atoms with E-state index >= 15 is 0 Å². The molecule has 4 rings (SSSR count). The van der Waals surface area contributed by atoms with Crippen LogP contribution in [0.3, 0.4) is 0 Å². The van der Waals surface area contributed by atoms with Crippen molar-refractivity contribution in [2.75, 3.05) is 0 Å². The molecule has 4 aliphatic rings. The molecule has 4 aliphatic carbocycles. The number of carbonyl (C=O) groups is 1. The van der Waals surface area contributed by atoms with Gasteiger partial charge in [-0.25, -0.2) is 0 Å². The van der Waals surface area contributed by atoms with E-state index in [-0.39, 0.29) is 11.6 Å². The first-order chi connectivity index (χ1) is 8.56. The van der Waals surface area contributed by atoms with Crippen LogP contribution in [0.15, 0.2) is 0 Å². The van der Waals surface area contributed by atoms with E-state index in [0.717, 1.165) is 11.8 Å². The lowest BCUT2D eigenvalue weighted by molar-refractivity contribution is -0.224. The topological polar surface area (TPSA) is 26.3 Å². The normalized spacial score (nSPS) is 45.6. The van der Waals surface area contributed by atoms with Crippen molar-refractivity contribution in [2.24, 2.45) is 29.6 Å². The molecule has 0 aromatic heterocycles. The molecule has 18 heavy (non-hydrogen) atoms. The first kappa shape index (κ1) is 12.5. The van der Waals surface area contributed by atoms with E-state index in [4.69, 9.17) is 4.74 Å². The molecule has 0 atom stereocenters. The van der Waals surface area contributed by atoms with Crippen molar-refractivity contribution in [2.45, 2.75) is 64.9 Å². The monoisotopic (exact) mass is 250 g/mol. The summed E-state index contributed by atoms with van der Waals surface area (Å²) in [5.74, 6) is 3.62. The highest BCUT2D eigenvalue weighted by Crippen LogP contribution is 2.61. The van der Waals surface area contributed by atoms with Crippen LogP contribution < -0.4 is 0 Å². The number of ether oxygens (including phenoxy) is 1. The summed E-state index contributed by atoms with van der Waals surface area (Å²) in [5, 5.41) is 0. The molecule has 0 aromatic rings. The molecular weight excluding hydrogens is 224 g/mol. The van der Waals surface area contributed by atoms with Crippen molar-refractivity contribution < 1.29 is 9.53 Å². The zero-order chi connectivity index (χ0) is 12.9. The molecule has 4 fully saturated rings. The predicted molar refractivity (Wildman–Crippen MR) is 71.0 cm³/mol. The minimum absolute atomic E-state index is 0.0103. The number of rotatable bonds is 3. The van der Waals surface area contributed by atoms with Crippen LogP contribution in [0.5, 0.6) is 0 Å². The second-order valence-corrected chi connectivity index (χ2v) is 7.14. The van der Waals surface area contributed by atoms with Crippen LogP contribution in [0.1, 0.15) is 59.3 Å². The van der Waals surface area contributed by atoms with Gasteiger partial charge in [-0.05, 0) is 61.7 Å². The van der Waals surface area contributed by atoms with Gasteiger partial charge in [-0.15, -0.1) is 0 Å². The number of hydrogen-bond acceptors (Lipinski definition) is 2. The minimum Gasteiger partial charge on any atom is -0.458 e. The van der Waals surface area contributed by atoms with Gasteiger partial charge in [0.05, 0.1) is 0 Å². The van der Waals surface area contributed by atoms with Gasteiger partial charge < -0.3 is 4.74 Å². The van der Waals surface area contributed by atoms with Gasteiger partial charge in [0, 0.05) is 6.42 Å². The van der Waals surface area contributed by atoms with E-state index in [1.807, 2.05) is 6.92 Å². The van der Waals surface area contributed by atoms with Crippen LogP contribution in [-0.4, -0.2) is 11.6 Å². The largest absolute Gasteiger partial charge is 0.458 e. The lowest BCUT2D eigenvalue weighted by Crippen LogP contribution is -2.62. The molecule has 0 aromatic carbocycles. The number of carbonyl (C=O) groups excluding carboxylic acids is 1. The van der Waals surface area contributed by atoms with Gasteiger partial charge in [-0.1, -0.05) is 20.8 Å². The summed E-state index contributed by atoms with van der Waals surface area (Å²) in [6, 6.07) is 0. The van der Waals surface area contributed by atoms with Crippen molar-refractivity contribution in [1.29, 1.82) is 0 Å².